The average Bonchev–Trinajstić information content (AvgIpc) is 2.85. The van der Waals surface area contributed by atoms with Crippen molar-refractivity contribution in [3.63, 3.8) is 0 Å². The number of nitrogens with one attached hydrogen (secondary N) is 1. The number of nitrogens with zero attached hydrogens (tertiary/aromatic N) is 1. The van der Waals surface area contributed by atoms with E-state index in [2.05, 4.69) is 5.32 Å². The average molecular weight is 539 g/mol. The van der Waals surface area contributed by atoms with Crippen LogP contribution in [0, 0.1) is 11.3 Å². The monoisotopic (exact) mass is 538 g/mol. The Morgan fingerprint density at radius 1 is 1.16 bits per heavy atom. The predicted octanol–water partition coefficient (Wildman–Crippen LogP) is 4.61. The fourth-order valence-corrected chi connectivity index (χ4v) is 5.00. The highest BCUT2D eigenvalue weighted by Gasteiger charge is 2.43. The molecule has 8 nitrogen and oxygen atoms in total. The van der Waals surface area contributed by atoms with Crippen molar-refractivity contribution < 1.29 is 29.0 Å². The number of rotatable bonds is 15. The van der Waals surface area contributed by atoms with Crippen LogP contribution in [0.2, 0.25) is 5.02 Å². The van der Waals surface area contributed by atoms with E-state index in [-0.39, 0.29) is 43.5 Å². The summed E-state index contributed by atoms with van der Waals surface area (Å²) < 4.78 is 10.5. The first-order valence-corrected chi connectivity index (χ1v) is 13.8. The van der Waals surface area contributed by atoms with Gasteiger partial charge in [-0.2, -0.15) is 0 Å². The normalized spacial score (nSPS) is 17.9. The van der Waals surface area contributed by atoms with Crippen LogP contribution in [0.25, 0.3) is 0 Å². The van der Waals surface area contributed by atoms with Gasteiger partial charge < -0.3 is 24.8 Å². The van der Waals surface area contributed by atoms with Crippen LogP contribution in [-0.2, 0) is 14.3 Å². The molecule has 2 rings (SSSR count). The van der Waals surface area contributed by atoms with Crippen molar-refractivity contribution in [2.45, 2.75) is 85.3 Å². The van der Waals surface area contributed by atoms with Crippen LogP contribution in [0.15, 0.2) is 18.2 Å². The van der Waals surface area contributed by atoms with Gasteiger partial charge in [0.15, 0.2) is 0 Å². The zero-order valence-electron chi connectivity index (χ0n) is 22.8. The molecule has 1 atom stereocenters. The highest BCUT2D eigenvalue weighted by molar-refractivity contribution is 6.32. The number of halogens is 1. The second-order valence-corrected chi connectivity index (χ2v) is 10.4. The molecule has 1 saturated carbocycles. The Hall–Kier alpha value is -2.32. The number of aliphatic hydroxyl groups excluding tert-OH is 1. The van der Waals surface area contributed by atoms with Gasteiger partial charge in [-0.15, -0.1) is 0 Å². The summed E-state index contributed by atoms with van der Waals surface area (Å²) in [5, 5.41) is 13.0. The van der Waals surface area contributed by atoms with Gasteiger partial charge >= 0.3 is 5.97 Å². The first-order valence-electron chi connectivity index (χ1n) is 13.4. The molecular weight excluding hydrogens is 496 g/mol. The summed E-state index contributed by atoms with van der Waals surface area (Å²) in [6.45, 7) is 10.9. The molecule has 37 heavy (non-hydrogen) atoms. The molecule has 2 N–H and O–H groups in total. The van der Waals surface area contributed by atoms with Crippen LogP contribution in [0.1, 0.15) is 83.5 Å². The predicted molar refractivity (Wildman–Crippen MR) is 144 cm³/mol. The van der Waals surface area contributed by atoms with E-state index in [1.54, 1.807) is 30.0 Å². The third-order valence-corrected chi connectivity index (χ3v) is 7.79. The number of carbonyl (C=O) groups excluding carboxylic acids is 3. The van der Waals surface area contributed by atoms with Gasteiger partial charge in [0.05, 0.1) is 30.8 Å². The standard InChI is InChI=1S/C28H43ClN2O6/c1-6-28(5,7-2)25(26(34)30-14-12-24(33)37-9-4)31(15-13-19-16-21(32)17-19)27(35)20-10-11-23(36-8-3)22(29)18-20/h10-11,18-19,21,25,32H,6-9,12-17H2,1-5H3,(H,30,34). The number of hydrogen-bond acceptors (Lipinski definition) is 6. The minimum Gasteiger partial charge on any atom is -0.492 e. The lowest BCUT2D eigenvalue weighted by Gasteiger charge is -2.43. The maximum absolute atomic E-state index is 14.0. The summed E-state index contributed by atoms with van der Waals surface area (Å²) in [5.74, 6) is -0.168. The van der Waals surface area contributed by atoms with E-state index in [0.29, 0.717) is 67.5 Å². The number of esters is 1. The van der Waals surface area contributed by atoms with E-state index in [4.69, 9.17) is 21.1 Å². The van der Waals surface area contributed by atoms with Crippen LogP contribution in [0.5, 0.6) is 5.75 Å². The second kappa shape index (κ2) is 14.6. The van der Waals surface area contributed by atoms with Crippen molar-refractivity contribution in [3.8, 4) is 5.75 Å². The van der Waals surface area contributed by atoms with Gasteiger partial charge in [-0.05, 0) is 75.5 Å². The number of aliphatic hydroxyl groups is 1. The Bertz CT molecular complexity index is 914. The summed E-state index contributed by atoms with van der Waals surface area (Å²) in [6, 6.07) is 4.17. The van der Waals surface area contributed by atoms with Gasteiger partial charge in [0.2, 0.25) is 5.91 Å². The van der Waals surface area contributed by atoms with Gasteiger partial charge in [-0.1, -0.05) is 32.4 Å². The van der Waals surface area contributed by atoms with Crippen LogP contribution < -0.4 is 10.1 Å². The van der Waals surface area contributed by atoms with Crippen LogP contribution in [0.4, 0.5) is 0 Å². The molecule has 0 aromatic heterocycles. The minimum atomic E-state index is -0.757. The molecule has 0 saturated heterocycles. The van der Waals surface area contributed by atoms with Gasteiger partial charge in [-0.3, -0.25) is 14.4 Å². The zero-order valence-corrected chi connectivity index (χ0v) is 23.6. The topological polar surface area (TPSA) is 105 Å². The highest BCUT2D eigenvalue weighted by atomic mass is 35.5. The molecule has 0 aliphatic heterocycles. The van der Waals surface area contributed by atoms with Gasteiger partial charge in [0, 0.05) is 18.7 Å². The molecule has 9 heteroatoms. The maximum Gasteiger partial charge on any atom is 0.307 e. The largest absolute Gasteiger partial charge is 0.492 e. The lowest BCUT2D eigenvalue weighted by atomic mass is 9.75. The van der Waals surface area contributed by atoms with Crippen LogP contribution in [0.3, 0.4) is 0 Å². The number of amides is 2. The second-order valence-electron chi connectivity index (χ2n) is 9.97. The van der Waals surface area contributed by atoms with E-state index in [0.717, 1.165) is 0 Å². The lowest BCUT2D eigenvalue weighted by Crippen LogP contribution is -2.58. The van der Waals surface area contributed by atoms with Crippen molar-refractivity contribution in [3.05, 3.63) is 28.8 Å². The number of carbonyl (C=O) groups is 3. The Morgan fingerprint density at radius 3 is 2.38 bits per heavy atom. The Labute approximate surface area is 226 Å². The summed E-state index contributed by atoms with van der Waals surface area (Å²) in [6.07, 6.45) is 3.20. The number of hydrogen-bond donors (Lipinski definition) is 2. The maximum atomic E-state index is 14.0. The van der Waals surface area contributed by atoms with E-state index in [9.17, 15) is 19.5 Å². The summed E-state index contributed by atoms with van der Waals surface area (Å²) in [4.78, 5) is 41.1. The molecule has 1 aromatic carbocycles. The minimum absolute atomic E-state index is 0.0592. The van der Waals surface area contributed by atoms with Crippen molar-refractivity contribution in [1.29, 1.82) is 0 Å². The lowest BCUT2D eigenvalue weighted by molar-refractivity contribution is -0.143. The van der Waals surface area contributed by atoms with Gasteiger partial charge in [0.1, 0.15) is 11.8 Å². The molecule has 0 heterocycles. The third kappa shape index (κ3) is 8.34. The molecule has 1 unspecified atom stereocenters. The smallest absolute Gasteiger partial charge is 0.307 e. The van der Waals surface area contributed by atoms with E-state index in [1.807, 2.05) is 27.7 Å². The third-order valence-electron chi connectivity index (χ3n) is 7.50. The van der Waals surface area contributed by atoms with Gasteiger partial charge in [0.25, 0.3) is 5.91 Å². The van der Waals surface area contributed by atoms with Crippen LogP contribution in [-0.4, -0.2) is 66.2 Å². The molecule has 208 valence electrons. The Balaban J connectivity index is 2.38. The van der Waals surface area contributed by atoms with E-state index >= 15 is 0 Å². The van der Waals surface area contributed by atoms with E-state index < -0.39 is 11.5 Å². The van der Waals surface area contributed by atoms with Crippen molar-refractivity contribution >= 4 is 29.4 Å². The molecular formula is C28H43ClN2O6. The zero-order chi connectivity index (χ0) is 27.6. The van der Waals surface area contributed by atoms with Crippen LogP contribution >= 0.6 is 11.6 Å². The highest BCUT2D eigenvalue weighted by Crippen LogP contribution is 2.37. The molecule has 1 aromatic rings. The molecule has 1 aliphatic rings. The van der Waals surface area contributed by atoms with Gasteiger partial charge in [-0.25, -0.2) is 0 Å². The fourth-order valence-electron chi connectivity index (χ4n) is 4.77. The first-order chi connectivity index (χ1) is 17.6. The SMILES string of the molecule is CCOC(=O)CCNC(=O)C(N(CCC1CC(O)C1)C(=O)c1ccc(OCC)c(Cl)c1)C(C)(CC)CC. The fraction of sp³-hybridized carbons (Fsp3) is 0.679. The van der Waals surface area contributed by atoms with E-state index in [1.165, 1.54) is 0 Å². The molecule has 1 fully saturated rings. The molecule has 2 amide bonds. The summed E-state index contributed by atoms with van der Waals surface area (Å²) in [5.41, 5.74) is -0.126. The Kier molecular flexibility index (Phi) is 12.2. The number of ether oxygens (including phenoxy) is 2. The summed E-state index contributed by atoms with van der Waals surface area (Å²) in [7, 11) is 0. The number of benzene rings is 1. The van der Waals surface area contributed by atoms with Crippen molar-refractivity contribution in [2.75, 3.05) is 26.3 Å². The molecule has 1 aliphatic carbocycles. The molecule has 0 spiro atoms. The Morgan fingerprint density at radius 2 is 1.84 bits per heavy atom. The first kappa shape index (κ1) is 30.9. The molecule has 0 bridgehead atoms. The summed E-state index contributed by atoms with van der Waals surface area (Å²) >= 11 is 6.40. The van der Waals surface area contributed by atoms with Crippen molar-refractivity contribution in [2.24, 2.45) is 11.3 Å². The quantitative estimate of drug-likeness (QED) is 0.316. The molecule has 0 radical (unpaired) electrons. The van der Waals surface area contributed by atoms with Crippen molar-refractivity contribution in [1.82, 2.24) is 10.2 Å².